The summed E-state index contributed by atoms with van der Waals surface area (Å²) in [5.74, 6) is -0.264. The van der Waals surface area contributed by atoms with E-state index >= 15 is 0 Å². The third kappa shape index (κ3) is 3.31. The number of fused-ring (bicyclic) bond motifs is 1. The van der Waals surface area contributed by atoms with E-state index in [1.165, 1.54) is 4.90 Å². The van der Waals surface area contributed by atoms with Crippen LogP contribution in [0.1, 0.15) is 67.3 Å². The van der Waals surface area contributed by atoms with E-state index in [1.54, 1.807) is 12.1 Å². The SMILES string of the molecule is O=C1CCC(N2Cc3cc(OCC4CCCCN4C(=O)C45CC(F)(C4)C5)ccc3C2=O)C(=O)N1. The molecule has 5 fully saturated rings. The average molecular weight is 470 g/mol. The first-order valence-corrected chi connectivity index (χ1v) is 12.2. The molecule has 9 heteroatoms. The first-order valence-electron chi connectivity index (χ1n) is 12.2. The number of imide groups is 1. The molecule has 1 N–H and O–H groups in total. The van der Waals surface area contributed by atoms with Gasteiger partial charge in [-0.15, -0.1) is 0 Å². The number of alkyl halides is 1. The van der Waals surface area contributed by atoms with Crippen LogP contribution in [-0.4, -0.2) is 64.3 Å². The van der Waals surface area contributed by atoms with E-state index in [4.69, 9.17) is 4.74 Å². The lowest BCUT2D eigenvalue weighted by Crippen LogP contribution is -2.71. The quantitative estimate of drug-likeness (QED) is 0.667. The van der Waals surface area contributed by atoms with Crippen molar-refractivity contribution in [2.75, 3.05) is 13.2 Å². The summed E-state index contributed by atoms with van der Waals surface area (Å²) in [6.45, 7) is 1.33. The van der Waals surface area contributed by atoms with E-state index in [9.17, 15) is 23.6 Å². The van der Waals surface area contributed by atoms with Crippen molar-refractivity contribution in [3.8, 4) is 5.75 Å². The molecule has 180 valence electrons. The Morgan fingerprint density at radius 3 is 2.68 bits per heavy atom. The number of carbonyl (C=O) groups is 4. The minimum absolute atomic E-state index is 0.0410. The predicted molar refractivity (Wildman–Crippen MR) is 117 cm³/mol. The molecule has 1 aromatic rings. The van der Waals surface area contributed by atoms with Crippen LogP contribution in [0.5, 0.6) is 5.75 Å². The normalized spacial score (nSPS) is 34.2. The Bertz CT molecular complexity index is 1080. The number of amides is 4. The number of nitrogens with one attached hydrogen (secondary N) is 1. The lowest BCUT2D eigenvalue weighted by molar-refractivity contribution is -0.224. The van der Waals surface area contributed by atoms with Gasteiger partial charge in [0.15, 0.2) is 0 Å². The van der Waals surface area contributed by atoms with Crippen LogP contribution in [0.4, 0.5) is 4.39 Å². The van der Waals surface area contributed by atoms with Crippen LogP contribution in [0.3, 0.4) is 0 Å². The topological polar surface area (TPSA) is 96.0 Å². The van der Waals surface area contributed by atoms with Crippen LogP contribution in [-0.2, 0) is 20.9 Å². The Morgan fingerprint density at radius 2 is 1.94 bits per heavy atom. The zero-order valence-electron chi connectivity index (χ0n) is 19.0. The molecular weight excluding hydrogens is 441 g/mol. The highest BCUT2D eigenvalue weighted by molar-refractivity contribution is 6.05. The lowest BCUT2D eigenvalue weighted by Gasteiger charge is -2.65. The van der Waals surface area contributed by atoms with Gasteiger partial charge in [0.25, 0.3) is 5.91 Å². The molecule has 7 rings (SSSR count). The van der Waals surface area contributed by atoms with Crippen molar-refractivity contribution in [2.24, 2.45) is 5.41 Å². The van der Waals surface area contributed by atoms with Gasteiger partial charge in [-0.05, 0) is 68.7 Å². The fraction of sp³-hybridized carbons (Fsp3) is 0.600. The van der Waals surface area contributed by atoms with Gasteiger partial charge >= 0.3 is 0 Å². The summed E-state index contributed by atoms with van der Waals surface area (Å²) < 4.78 is 20.0. The van der Waals surface area contributed by atoms with Crippen LogP contribution < -0.4 is 10.1 Å². The maximum Gasteiger partial charge on any atom is 0.255 e. The van der Waals surface area contributed by atoms with E-state index in [1.807, 2.05) is 11.0 Å². The van der Waals surface area contributed by atoms with Crippen LogP contribution in [0, 0.1) is 5.41 Å². The molecule has 3 aliphatic heterocycles. The molecule has 3 aliphatic carbocycles. The van der Waals surface area contributed by atoms with Crippen LogP contribution in [0.25, 0.3) is 0 Å². The molecule has 2 unspecified atom stereocenters. The second kappa shape index (κ2) is 7.52. The summed E-state index contributed by atoms with van der Waals surface area (Å²) in [4.78, 5) is 53.1. The zero-order valence-corrected chi connectivity index (χ0v) is 19.0. The van der Waals surface area contributed by atoms with Crippen molar-refractivity contribution in [3.05, 3.63) is 29.3 Å². The summed E-state index contributed by atoms with van der Waals surface area (Å²) in [7, 11) is 0. The summed E-state index contributed by atoms with van der Waals surface area (Å²) >= 11 is 0. The molecule has 4 amide bonds. The monoisotopic (exact) mass is 469 g/mol. The van der Waals surface area contributed by atoms with Gasteiger partial charge in [0.2, 0.25) is 17.7 Å². The number of halogens is 1. The van der Waals surface area contributed by atoms with Crippen molar-refractivity contribution >= 4 is 23.6 Å². The number of hydrogen-bond acceptors (Lipinski definition) is 5. The van der Waals surface area contributed by atoms with Crippen molar-refractivity contribution < 1.29 is 28.3 Å². The van der Waals surface area contributed by atoms with Crippen molar-refractivity contribution in [1.29, 1.82) is 0 Å². The Kier molecular flexibility index (Phi) is 4.76. The van der Waals surface area contributed by atoms with Crippen molar-refractivity contribution in [3.63, 3.8) is 0 Å². The van der Waals surface area contributed by atoms with Crippen molar-refractivity contribution in [2.45, 2.75) is 75.7 Å². The number of likely N-dealkylation sites (tertiary alicyclic amines) is 1. The molecule has 34 heavy (non-hydrogen) atoms. The molecular formula is C25H28FN3O5. The summed E-state index contributed by atoms with van der Waals surface area (Å²) in [5, 5.41) is 2.31. The third-order valence-corrected chi connectivity index (χ3v) is 8.24. The number of hydrogen-bond donors (Lipinski definition) is 1. The highest BCUT2D eigenvalue weighted by Crippen LogP contribution is 2.70. The first kappa shape index (κ1) is 21.6. The fourth-order valence-electron chi connectivity index (χ4n) is 6.47. The van der Waals surface area contributed by atoms with Gasteiger partial charge in [-0.2, -0.15) is 0 Å². The average Bonchev–Trinajstić information content (AvgIpc) is 3.10. The van der Waals surface area contributed by atoms with E-state index in [-0.39, 0.29) is 30.2 Å². The number of carbonyl (C=O) groups excluding carboxylic acids is 4. The van der Waals surface area contributed by atoms with Crippen LogP contribution in [0.15, 0.2) is 18.2 Å². The molecule has 3 heterocycles. The standard InChI is InChI=1S/C25H28FN3O5/c26-25-12-24(13-25,14-25)23(33)28-8-2-1-3-16(28)11-34-17-4-5-18-15(9-17)10-29(22(18)32)19-6-7-20(30)27-21(19)31/h4-5,9,16,19H,1-3,6-8,10-14H2,(H,27,30,31). The Labute approximate surface area is 196 Å². The van der Waals surface area contributed by atoms with Crippen molar-refractivity contribution in [1.82, 2.24) is 15.1 Å². The maximum atomic E-state index is 14.0. The molecule has 1 aromatic carbocycles. The minimum Gasteiger partial charge on any atom is -0.491 e. The lowest BCUT2D eigenvalue weighted by atomic mass is 9.41. The van der Waals surface area contributed by atoms with E-state index in [2.05, 4.69) is 5.32 Å². The molecule has 0 radical (unpaired) electrons. The van der Waals surface area contributed by atoms with Crippen LogP contribution >= 0.6 is 0 Å². The number of rotatable bonds is 5. The molecule has 2 atom stereocenters. The van der Waals surface area contributed by atoms with Gasteiger partial charge in [0, 0.05) is 25.1 Å². The number of benzene rings is 1. The van der Waals surface area contributed by atoms with Crippen LogP contribution in [0.2, 0.25) is 0 Å². The largest absolute Gasteiger partial charge is 0.491 e. The summed E-state index contributed by atoms with van der Waals surface area (Å²) in [6.07, 6.45) is 4.48. The second-order valence-corrected chi connectivity index (χ2v) is 10.6. The molecule has 2 saturated heterocycles. The van der Waals surface area contributed by atoms with E-state index in [0.717, 1.165) is 24.8 Å². The molecule has 3 saturated carbocycles. The smallest absolute Gasteiger partial charge is 0.255 e. The molecule has 8 nitrogen and oxygen atoms in total. The van der Waals surface area contributed by atoms with Gasteiger partial charge in [-0.25, -0.2) is 4.39 Å². The predicted octanol–water partition coefficient (Wildman–Crippen LogP) is 2.10. The minimum atomic E-state index is -1.10. The van der Waals surface area contributed by atoms with Gasteiger partial charge < -0.3 is 14.5 Å². The highest BCUT2D eigenvalue weighted by atomic mass is 19.1. The molecule has 0 spiro atoms. The van der Waals surface area contributed by atoms with Gasteiger partial charge in [-0.1, -0.05) is 0 Å². The molecule has 6 aliphatic rings. The number of ether oxygens (including phenoxy) is 1. The van der Waals surface area contributed by atoms with Gasteiger partial charge in [-0.3, -0.25) is 24.5 Å². The van der Waals surface area contributed by atoms with Gasteiger partial charge in [0.05, 0.1) is 11.5 Å². The Balaban J connectivity index is 1.11. The number of piperidine rings is 2. The Hall–Kier alpha value is -2.97. The molecule has 0 aromatic heterocycles. The summed E-state index contributed by atoms with van der Waals surface area (Å²) in [6, 6.07) is 4.59. The number of nitrogens with zero attached hydrogens (tertiary/aromatic N) is 2. The molecule has 2 bridgehead atoms. The summed E-state index contributed by atoms with van der Waals surface area (Å²) in [5.41, 5.74) is -0.250. The third-order valence-electron chi connectivity index (χ3n) is 8.24. The van der Waals surface area contributed by atoms with E-state index < -0.39 is 23.0 Å². The highest BCUT2D eigenvalue weighted by Gasteiger charge is 2.73. The Morgan fingerprint density at radius 1 is 1.15 bits per heavy atom. The van der Waals surface area contributed by atoms with E-state index in [0.29, 0.717) is 56.7 Å². The fourth-order valence-corrected chi connectivity index (χ4v) is 6.47. The zero-order chi connectivity index (χ0) is 23.7. The first-order chi connectivity index (χ1) is 16.3. The second-order valence-electron chi connectivity index (χ2n) is 10.6. The van der Waals surface area contributed by atoms with Gasteiger partial charge in [0.1, 0.15) is 24.1 Å². The maximum absolute atomic E-state index is 14.0.